The Labute approximate surface area is 94.6 Å². The molecule has 2 heterocycles. The number of nitrogens with two attached hydrogens (primary N) is 1. The minimum atomic E-state index is 0.293. The fourth-order valence-electron chi connectivity index (χ4n) is 2.48. The lowest BCUT2D eigenvalue weighted by Gasteiger charge is -2.04. The van der Waals surface area contributed by atoms with Crippen LogP contribution >= 0.6 is 0 Å². The first-order valence-electron chi connectivity index (χ1n) is 5.78. The van der Waals surface area contributed by atoms with Gasteiger partial charge in [-0.25, -0.2) is 0 Å². The molecule has 3 N–H and O–H groups in total. The predicted molar refractivity (Wildman–Crippen MR) is 64.9 cm³/mol. The van der Waals surface area contributed by atoms with E-state index in [-0.39, 0.29) is 0 Å². The molecule has 1 unspecified atom stereocenters. The first kappa shape index (κ1) is 9.73. The van der Waals surface area contributed by atoms with Gasteiger partial charge < -0.3 is 15.5 Å². The van der Waals surface area contributed by atoms with Gasteiger partial charge >= 0.3 is 0 Å². The largest absolute Gasteiger partial charge is 0.488 e. The van der Waals surface area contributed by atoms with Crippen LogP contribution in [0.1, 0.15) is 18.1 Å². The van der Waals surface area contributed by atoms with Gasteiger partial charge in [-0.1, -0.05) is 12.1 Å². The van der Waals surface area contributed by atoms with E-state index in [1.165, 1.54) is 16.5 Å². The van der Waals surface area contributed by atoms with E-state index in [1.807, 2.05) is 6.20 Å². The molecule has 16 heavy (non-hydrogen) atoms. The molecule has 0 bridgehead atoms. The van der Waals surface area contributed by atoms with Crippen LogP contribution in [0.3, 0.4) is 0 Å². The number of fused-ring (bicyclic) bond motifs is 3. The van der Waals surface area contributed by atoms with Gasteiger partial charge in [-0.05, 0) is 25.5 Å². The molecule has 1 atom stereocenters. The average Bonchev–Trinajstić information content (AvgIpc) is 2.81. The van der Waals surface area contributed by atoms with Crippen molar-refractivity contribution in [1.29, 1.82) is 0 Å². The summed E-state index contributed by atoms with van der Waals surface area (Å²) < 4.78 is 5.85. The Kier molecular flexibility index (Phi) is 2.14. The van der Waals surface area contributed by atoms with Crippen molar-refractivity contribution in [2.75, 3.05) is 6.54 Å². The maximum Gasteiger partial charge on any atom is 0.147 e. The number of rotatable bonds is 2. The third kappa shape index (κ3) is 1.32. The van der Waals surface area contributed by atoms with Crippen molar-refractivity contribution in [1.82, 2.24) is 4.98 Å². The normalized spacial score (nSPS) is 18.8. The van der Waals surface area contributed by atoms with Crippen LogP contribution in [-0.2, 0) is 12.8 Å². The van der Waals surface area contributed by atoms with Gasteiger partial charge in [-0.15, -0.1) is 0 Å². The molecule has 0 saturated heterocycles. The molecule has 0 amide bonds. The lowest BCUT2D eigenvalue weighted by molar-refractivity contribution is 0.257. The fourth-order valence-corrected chi connectivity index (χ4v) is 2.48. The van der Waals surface area contributed by atoms with Gasteiger partial charge in [-0.2, -0.15) is 0 Å². The Morgan fingerprint density at radius 3 is 3.19 bits per heavy atom. The van der Waals surface area contributed by atoms with Crippen LogP contribution < -0.4 is 10.5 Å². The summed E-state index contributed by atoms with van der Waals surface area (Å²) in [6.07, 6.45) is 4.26. The molecule has 3 nitrogen and oxygen atoms in total. The van der Waals surface area contributed by atoms with E-state index in [0.717, 1.165) is 24.1 Å². The summed E-state index contributed by atoms with van der Waals surface area (Å²) in [4.78, 5) is 3.31. The van der Waals surface area contributed by atoms with Crippen molar-refractivity contribution >= 4 is 10.9 Å². The van der Waals surface area contributed by atoms with Gasteiger partial charge in [0.05, 0.1) is 5.52 Å². The minimum Gasteiger partial charge on any atom is -0.488 e. The van der Waals surface area contributed by atoms with Crippen LogP contribution in [0.4, 0.5) is 0 Å². The van der Waals surface area contributed by atoms with Gasteiger partial charge in [0, 0.05) is 23.6 Å². The van der Waals surface area contributed by atoms with E-state index < -0.39 is 0 Å². The molecular weight excluding hydrogens is 200 g/mol. The van der Waals surface area contributed by atoms with Crippen LogP contribution in [0, 0.1) is 0 Å². The summed E-state index contributed by atoms with van der Waals surface area (Å²) >= 11 is 0. The number of hydrogen-bond donors (Lipinski definition) is 2. The molecule has 1 aliphatic rings. The first-order chi connectivity index (χ1) is 7.79. The summed E-state index contributed by atoms with van der Waals surface area (Å²) in [5.41, 5.74) is 9.32. The standard InChI is InChI=1S/C13H16N2O/c1-8-6-9-2-3-11-10(4-5-14)7-15-12(11)13(9)16-8/h2-3,7-8,15H,4-6,14H2,1H3. The van der Waals surface area contributed by atoms with E-state index in [4.69, 9.17) is 10.5 Å². The van der Waals surface area contributed by atoms with Gasteiger partial charge in [0.2, 0.25) is 0 Å². The highest BCUT2D eigenvalue weighted by Gasteiger charge is 2.22. The highest BCUT2D eigenvalue weighted by atomic mass is 16.5. The maximum absolute atomic E-state index is 5.85. The third-order valence-corrected chi connectivity index (χ3v) is 3.22. The molecule has 0 radical (unpaired) electrons. The van der Waals surface area contributed by atoms with Crippen LogP contribution in [0.25, 0.3) is 10.9 Å². The Balaban J connectivity index is 2.17. The Hall–Kier alpha value is -1.48. The zero-order chi connectivity index (χ0) is 11.1. The van der Waals surface area contributed by atoms with Crippen LogP contribution in [0.2, 0.25) is 0 Å². The highest BCUT2D eigenvalue weighted by molar-refractivity contribution is 5.90. The Bertz CT molecular complexity index is 530. The highest BCUT2D eigenvalue weighted by Crippen LogP contribution is 2.36. The van der Waals surface area contributed by atoms with Crippen LogP contribution in [0.5, 0.6) is 5.75 Å². The van der Waals surface area contributed by atoms with Crippen molar-refractivity contribution in [3.63, 3.8) is 0 Å². The number of aromatic amines is 1. The fraction of sp³-hybridized carbons (Fsp3) is 0.385. The van der Waals surface area contributed by atoms with E-state index in [1.54, 1.807) is 0 Å². The monoisotopic (exact) mass is 216 g/mol. The summed E-state index contributed by atoms with van der Waals surface area (Å²) in [6.45, 7) is 2.79. The lowest BCUT2D eigenvalue weighted by Crippen LogP contribution is -2.05. The quantitative estimate of drug-likeness (QED) is 0.806. The number of aromatic nitrogens is 1. The first-order valence-corrected chi connectivity index (χ1v) is 5.78. The maximum atomic E-state index is 5.85. The van der Waals surface area contributed by atoms with E-state index in [9.17, 15) is 0 Å². The second-order valence-electron chi connectivity index (χ2n) is 4.46. The molecule has 1 aromatic heterocycles. The predicted octanol–water partition coefficient (Wildman–Crippen LogP) is 1.99. The smallest absolute Gasteiger partial charge is 0.147 e. The number of hydrogen-bond acceptors (Lipinski definition) is 2. The van der Waals surface area contributed by atoms with E-state index in [0.29, 0.717) is 12.6 Å². The SMILES string of the molecule is CC1Cc2ccc3c(CCN)c[nH]c3c2O1. The zero-order valence-corrected chi connectivity index (χ0v) is 9.42. The third-order valence-electron chi connectivity index (χ3n) is 3.22. The molecule has 0 saturated carbocycles. The molecule has 1 aliphatic heterocycles. The van der Waals surface area contributed by atoms with Gasteiger partial charge in [0.15, 0.2) is 0 Å². The summed E-state index contributed by atoms with van der Waals surface area (Å²) in [6, 6.07) is 4.35. The molecule has 0 spiro atoms. The molecule has 0 aliphatic carbocycles. The average molecular weight is 216 g/mol. The summed E-state index contributed by atoms with van der Waals surface area (Å²) in [7, 11) is 0. The Morgan fingerprint density at radius 1 is 1.50 bits per heavy atom. The van der Waals surface area contributed by atoms with Gasteiger partial charge in [0.25, 0.3) is 0 Å². The Morgan fingerprint density at radius 2 is 2.38 bits per heavy atom. The van der Waals surface area contributed by atoms with Crippen molar-refractivity contribution in [3.05, 3.63) is 29.5 Å². The zero-order valence-electron chi connectivity index (χ0n) is 9.42. The van der Waals surface area contributed by atoms with E-state index >= 15 is 0 Å². The van der Waals surface area contributed by atoms with Crippen molar-refractivity contribution < 1.29 is 4.74 Å². The molecular formula is C13H16N2O. The molecule has 3 heteroatoms. The second-order valence-corrected chi connectivity index (χ2v) is 4.46. The van der Waals surface area contributed by atoms with E-state index in [2.05, 4.69) is 24.0 Å². The summed E-state index contributed by atoms with van der Waals surface area (Å²) in [5.74, 6) is 1.04. The minimum absolute atomic E-state index is 0.293. The molecule has 1 aromatic carbocycles. The van der Waals surface area contributed by atoms with Crippen LogP contribution in [-0.4, -0.2) is 17.6 Å². The number of nitrogens with one attached hydrogen (secondary N) is 1. The molecule has 84 valence electrons. The lowest BCUT2D eigenvalue weighted by atomic mass is 10.1. The van der Waals surface area contributed by atoms with Crippen LogP contribution in [0.15, 0.2) is 18.3 Å². The van der Waals surface area contributed by atoms with Gasteiger partial charge in [0.1, 0.15) is 11.9 Å². The number of ether oxygens (including phenoxy) is 1. The van der Waals surface area contributed by atoms with Gasteiger partial charge in [-0.3, -0.25) is 0 Å². The molecule has 0 fully saturated rings. The molecule has 2 aromatic rings. The second kappa shape index (κ2) is 3.52. The summed E-state index contributed by atoms with van der Waals surface area (Å²) in [5, 5.41) is 1.25. The number of benzene rings is 1. The van der Waals surface area contributed by atoms with Crippen molar-refractivity contribution in [2.45, 2.75) is 25.9 Å². The van der Waals surface area contributed by atoms with Crippen molar-refractivity contribution in [2.24, 2.45) is 5.73 Å². The van der Waals surface area contributed by atoms with Crippen molar-refractivity contribution in [3.8, 4) is 5.75 Å². The molecule has 3 rings (SSSR count). The number of H-pyrrole nitrogens is 1. The topological polar surface area (TPSA) is 51.0 Å².